The Kier molecular flexibility index (Phi) is 1.99. The van der Waals surface area contributed by atoms with Gasteiger partial charge >= 0.3 is 0 Å². The molecule has 1 aliphatic rings. The van der Waals surface area contributed by atoms with Crippen molar-refractivity contribution in [3.63, 3.8) is 0 Å². The molecule has 0 radical (unpaired) electrons. The van der Waals surface area contributed by atoms with E-state index in [-0.39, 0.29) is 0 Å². The predicted octanol–water partition coefficient (Wildman–Crippen LogP) is 5.64. The second-order valence-electron chi connectivity index (χ2n) is 4.73. The average molecular weight is 256 g/mol. The topological polar surface area (TPSA) is 0 Å². The molecule has 0 bridgehead atoms. The van der Waals surface area contributed by atoms with Crippen LogP contribution in [0.1, 0.15) is 30.4 Å². The Hall–Kier alpha value is -1.12. The highest BCUT2D eigenvalue weighted by Gasteiger charge is 2.15. The van der Waals surface area contributed by atoms with Gasteiger partial charge in [-0.25, -0.2) is 0 Å². The smallest absolute Gasteiger partial charge is 0.0529 e. The fourth-order valence-electron chi connectivity index (χ4n) is 2.66. The van der Waals surface area contributed by atoms with Gasteiger partial charge in [0.15, 0.2) is 0 Å². The standard InChI is InChI=1S/C15H12S2/c1-9-3-2-4-10-7-14-12(8-11(9)10)15-13(17-14)5-6-16-15/h2,4-9H,3H2,1H3. The molecular formula is C15H12S2. The first-order chi connectivity index (χ1) is 8.33. The lowest BCUT2D eigenvalue weighted by atomic mass is 9.88. The van der Waals surface area contributed by atoms with Gasteiger partial charge in [-0.1, -0.05) is 19.1 Å². The Morgan fingerprint density at radius 3 is 3.12 bits per heavy atom. The van der Waals surface area contributed by atoms with E-state index in [2.05, 4.69) is 42.7 Å². The molecule has 2 heterocycles. The molecule has 1 unspecified atom stereocenters. The van der Waals surface area contributed by atoms with Gasteiger partial charge < -0.3 is 0 Å². The first kappa shape index (κ1) is 9.86. The monoisotopic (exact) mass is 256 g/mol. The lowest BCUT2D eigenvalue weighted by Gasteiger charge is -2.17. The summed E-state index contributed by atoms with van der Waals surface area (Å²) in [5, 5.41) is 3.66. The molecule has 0 aliphatic heterocycles. The molecule has 0 saturated heterocycles. The van der Waals surface area contributed by atoms with Gasteiger partial charge in [-0.2, -0.15) is 0 Å². The summed E-state index contributed by atoms with van der Waals surface area (Å²) in [6, 6.07) is 7.03. The SMILES string of the molecule is CC1CC=Cc2cc3sc4ccsc4c3cc21. The van der Waals surface area contributed by atoms with Gasteiger partial charge in [-0.3, -0.25) is 0 Å². The summed E-state index contributed by atoms with van der Waals surface area (Å²) in [6.07, 6.45) is 5.76. The molecular weight excluding hydrogens is 244 g/mol. The molecule has 1 atom stereocenters. The number of benzene rings is 1. The number of hydrogen-bond donors (Lipinski definition) is 0. The first-order valence-corrected chi connectivity index (χ1v) is 7.63. The molecule has 0 fully saturated rings. The van der Waals surface area contributed by atoms with Crippen LogP contribution in [0.25, 0.3) is 25.6 Å². The average Bonchev–Trinajstić information content (AvgIpc) is 2.87. The Balaban J connectivity index is 2.14. The predicted molar refractivity (Wildman–Crippen MR) is 79.3 cm³/mol. The van der Waals surface area contributed by atoms with Crippen molar-refractivity contribution >= 4 is 48.2 Å². The van der Waals surface area contributed by atoms with E-state index in [1.807, 2.05) is 22.7 Å². The highest BCUT2D eigenvalue weighted by Crippen LogP contribution is 2.41. The molecule has 0 amide bonds. The van der Waals surface area contributed by atoms with Crippen LogP contribution >= 0.6 is 22.7 Å². The minimum atomic E-state index is 0.661. The summed E-state index contributed by atoms with van der Waals surface area (Å²) in [5.41, 5.74) is 2.94. The maximum Gasteiger partial charge on any atom is 0.0529 e. The summed E-state index contributed by atoms with van der Waals surface area (Å²) in [5.74, 6) is 0.661. The van der Waals surface area contributed by atoms with Crippen LogP contribution < -0.4 is 0 Å². The summed E-state index contributed by atoms with van der Waals surface area (Å²) >= 11 is 3.79. The highest BCUT2D eigenvalue weighted by molar-refractivity contribution is 7.32. The van der Waals surface area contributed by atoms with E-state index in [0.717, 1.165) is 0 Å². The van der Waals surface area contributed by atoms with Crippen molar-refractivity contribution in [2.45, 2.75) is 19.3 Å². The number of fused-ring (bicyclic) bond motifs is 4. The number of allylic oxidation sites excluding steroid dienone is 1. The molecule has 0 N–H and O–H groups in total. The largest absolute Gasteiger partial charge is 0.142 e. The van der Waals surface area contributed by atoms with E-state index in [1.165, 1.54) is 37.0 Å². The minimum Gasteiger partial charge on any atom is -0.142 e. The summed E-state index contributed by atoms with van der Waals surface area (Å²) in [7, 11) is 0. The second kappa shape index (κ2) is 3.44. The van der Waals surface area contributed by atoms with E-state index in [4.69, 9.17) is 0 Å². The molecule has 2 heteroatoms. The van der Waals surface area contributed by atoms with Gasteiger partial charge in [0, 0.05) is 14.8 Å². The van der Waals surface area contributed by atoms with E-state index in [9.17, 15) is 0 Å². The quantitative estimate of drug-likeness (QED) is 0.488. The van der Waals surface area contributed by atoms with Crippen LogP contribution in [-0.2, 0) is 0 Å². The number of rotatable bonds is 0. The van der Waals surface area contributed by atoms with Gasteiger partial charge in [0.2, 0.25) is 0 Å². The van der Waals surface area contributed by atoms with Crippen molar-refractivity contribution in [3.05, 3.63) is 40.8 Å². The van der Waals surface area contributed by atoms with Crippen molar-refractivity contribution in [2.24, 2.45) is 0 Å². The lowest BCUT2D eigenvalue weighted by Crippen LogP contribution is -1.99. The fraction of sp³-hybridized carbons (Fsp3) is 0.200. The van der Waals surface area contributed by atoms with Crippen LogP contribution in [0.4, 0.5) is 0 Å². The maximum absolute atomic E-state index is 2.42. The minimum absolute atomic E-state index is 0.661. The van der Waals surface area contributed by atoms with Crippen LogP contribution in [0.3, 0.4) is 0 Å². The van der Waals surface area contributed by atoms with Crippen LogP contribution in [0, 0.1) is 0 Å². The first-order valence-electron chi connectivity index (χ1n) is 5.93. The van der Waals surface area contributed by atoms with Gasteiger partial charge in [-0.15, -0.1) is 22.7 Å². The molecule has 84 valence electrons. The summed E-state index contributed by atoms with van der Waals surface area (Å²) < 4.78 is 4.34. The maximum atomic E-state index is 2.42. The second-order valence-corrected chi connectivity index (χ2v) is 6.73. The Morgan fingerprint density at radius 1 is 1.24 bits per heavy atom. The molecule has 0 saturated carbocycles. The normalized spacial score (nSPS) is 19.0. The van der Waals surface area contributed by atoms with Crippen LogP contribution in [-0.4, -0.2) is 0 Å². The summed E-state index contributed by atoms with van der Waals surface area (Å²) in [4.78, 5) is 0. The zero-order chi connectivity index (χ0) is 11.4. The highest BCUT2D eigenvalue weighted by atomic mass is 32.1. The Morgan fingerprint density at radius 2 is 2.18 bits per heavy atom. The molecule has 17 heavy (non-hydrogen) atoms. The van der Waals surface area contributed by atoms with Gasteiger partial charge in [0.05, 0.1) is 4.70 Å². The molecule has 4 rings (SSSR count). The zero-order valence-corrected chi connectivity index (χ0v) is 11.2. The van der Waals surface area contributed by atoms with Crippen molar-refractivity contribution in [1.29, 1.82) is 0 Å². The molecule has 0 spiro atoms. The Labute approximate surface area is 108 Å². The van der Waals surface area contributed by atoms with E-state index < -0.39 is 0 Å². The van der Waals surface area contributed by atoms with Gasteiger partial charge in [-0.05, 0) is 47.0 Å². The number of thiophene rings is 2. The third-order valence-corrected chi connectivity index (χ3v) is 5.79. The molecule has 3 aromatic rings. The third-order valence-electron chi connectivity index (χ3n) is 3.60. The van der Waals surface area contributed by atoms with Crippen molar-refractivity contribution < 1.29 is 0 Å². The molecule has 1 aliphatic carbocycles. The fourth-order valence-corrected chi connectivity index (χ4v) is 4.94. The van der Waals surface area contributed by atoms with Crippen molar-refractivity contribution in [1.82, 2.24) is 0 Å². The molecule has 0 nitrogen and oxygen atoms in total. The van der Waals surface area contributed by atoms with Gasteiger partial charge in [0.25, 0.3) is 0 Å². The lowest BCUT2D eigenvalue weighted by molar-refractivity contribution is 0.773. The van der Waals surface area contributed by atoms with E-state index in [0.29, 0.717) is 5.92 Å². The zero-order valence-electron chi connectivity index (χ0n) is 9.57. The molecule has 1 aromatic carbocycles. The summed E-state index contributed by atoms with van der Waals surface area (Å²) in [6.45, 7) is 2.33. The van der Waals surface area contributed by atoms with E-state index in [1.54, 1.807) is 0 Å². The van der Waals surface area contributed by atoms with Gasteiger partial charge in [0.1, 0.15) is 0 Å². The van der Waals surface area contributed by atoms with Crippen molar-refractivity contribution in [3.8, 4) is 0 Å². The van der Waals surface area contributed by atoms with E-state index >= 15 is 0 Å². The number of hydrogen-bond acceptors (Lipinski definition) is 2. The van der Waals surface area contributed by atoms with Crippen LogP contribution in [0.2, 0.25) is 0 Å². The van der Waals surface area contributed by atoms with Crippen LogP contribution in [0.15, 0.2) is 29.7 Å². The van der Waals surface area contributed by atoms with Crippen molar-refractivity contribution in [2.75, 3.05) is 0 Å². The van der Waals surface area contributed by atoms with Crippen LogP contribution in [0.5, 0.6) is 0 Å². The Bertz CT molecular complexity index is 743. The molecule has 2 aromatic heterocycles. The third kappa shape index (κ3) is 1.34.